The standard InChI is InChI=1S/C57H42N4/c58-50-22-10-11-23-51(50)59-52(44-19-12-18-40(32-44)43-26-25-37-13-4-5-15-39(37)31-43)36-60-53-30-28-45(35-49(53)57-46-20-9-8-14-38(46)27-29-55(57)60)61-54-24-3-1-2-21-47(54)48-33-41-16-6-7-17-42(41)34-56(48)61/h1-20,22-35,52,59H,21,36,58H2. The molecule has 3 N–H and O–H groups in total. The number of anilines is 2. The van der Waals surface area contributed by atoms with Crippen LogP contribution >= 0.6 is 0 Å². The lowest BCUT2D eigenvalue weighted by molar-refractivity contribution is 0.640. The van der Waals surface area contributed by atoms with Gasteiger partial charge in [0.2, 0.25) is 0 Å². The third-order valence-electron chi connectivity index (χ3n) is 12.8. The van der Waals surface area contributed by atoms with Gasteiger partial charge in [0.15, 0.2) is 0 Å². The summed E-state index contributed by atoms with van der Waals surface area (Å²) in [5, 5.41) is 15.2. The minimum atomic E-state index is -0.106. The average molecular weight is 783 g/mol. The fraction of sp³-hybridized carbons (Fsp3) is 0.0526. The van der Waals surface area contributed by atoms with Crippen LogP contribution in [0.3, 0.4) is 0 Å². The maximum Gasteiger partial charge on any atom is 0.0694 e. The highest BCUT2D eigenvalue weighted by molar-refractivity contribution is 6.21. The third-order valence-corrected chi connectivity index (χ3v) is 12.8. The van der Waals surface area contributed by atoms with Crippen LogP contribution < -0.4 is 11.1 Å². The molecule has 2 heterocycles. The summed E-state index contributed by atoms with van der Waals surface area (Å²) in [5.41, 5.74) is 19.2. The summed E-state index contributed by atoms with van der Waals surface area (Å²) in [4.78, 5) is 0. The summed E-state index contributed by atoms with van der Waals surface area (Å²) >= 11 is 0. The van der Waals surface area contributed by atoms with E-state index in [2.05, 4.69) is 209 Å². The largest absolute Gasteiger partial charge is 0.397 e. The number of fused-ring (bicyclic) bond motifs is 10. The SMILES string of the molecule is Nc1ccccc1NC(Cn1c2ccc(-n3c4c(c5cc6ccccc6cc53)CC=CC=C4)cc2c2c3ccccc3ccc21)c1cccc(-c2ccc3ccccc3c2)c1. The maximum atomic E-state index is 6.65. The molecule has 0 aliphatic heterocycles. The van der Waals surface area contributed by atoms with E-state index in [-0.39, 0.29) is 6.04 Å². The minimum absolute atomic E-state index is 0.106. The van der Waals surface area contributed by atoms with Gasteiger partial charge in [-0.3, -0.25) is 0 Å². The molecule has 0 fully saturated rings. The molecule has 9 aromatic carbocycles. The van der Waals surface area contributed by atoms with Gasteiger partial charge in [0, 0.05) is 39.4 Å². The highest BCUT2D eigenvalue weighted by Gasteiger charge is 2.23. The monoisotopic (exact) mass is 782 g/mol. The van der Waals surface area contributed by atoms with Crippen molar-refractivity contribution in [2.24, 2.45) is 0 Å². The van der Waals surface area contributed by atoms with Crippen LogP contribution in [0.2, 0.25) is 0 Å². The number of nitrogens with one attached hydrogen (secondary N) is 1. The number of rotatable bonds is 7. The molecular weight excluding hydrogens is 741 g/mol. The predicted octanol–water partition coefficient (Wildman–Crippen LogP) is 14.4. The van der Waals surface area contributed by atoms with Crippen molar-refractivity contribution in [3.63, 3.8) is 0 Å². The topological polar surface area (TPSA) is 47.9 Å². The second kappa shape index (κ2) is 14.2. The molecule has 0 spiro atoms. The molecule has 4 heteroatoms. The molecular formula is C57H42N4. The van der Waals surface area contributed by atoms with Gasteiger partial charge in [-0.05, 0) is 128 Å². The fourth-order valence-electron chi connectivity index (χ4n) is 9.87. The van der Waals surface area contributed by atoms with E-state index in [4.69, 9.17) is 5.73 Å². The Morgan fingerprint density at radius 3 is 2.11 bits per heavy atom. The van der Waals surface area contributed by atoms with Crippen molar-refractivity contribution in [3.8, 4) is 16.8 Å². The van der Waals surface area contributed by atoms with Gasteiger partial charge in [0.05, 0.1) is 28.6 Å². The summed E-state index contributed by atoms with van der Waals surface area (Å²) in [7, 11) is 0. The van der Waals surface area contributed by atoms with E-state index in [1.54, 1.807) is 0 Å². The van der Waals surface area contributed by atoms with Crippen LogP contribution in [0.15, 0.2) is 200 Å². The normalized spacial score (nSPS) is 13.1. The van der Waals surface area contributed by atoms with Crippen LogP contribution in [0.25, 0.3) is 87.9 Å². The molecule has 4 nitrogen and oxygen atoms in total. The van der Waals surface area contributed by atoms with Gasteiger partial charge >= 0.3 is 0 Å². The first-order valence-electron chi connectivity index (χ1n) is 21.2. The number of para-hydroxylation sites is 2. The Hall–Kier alpha value is -7.82. The summed E-state index contributed by atoms with van der Waals surface area (Å²) in [6, 6.07) is 66.2. The Morgan fingerprint density at radius 1 is 0.525 bits per heavy atom. The van der Waals surface area contributed by atoms with Crippen LogP contribution in [0.4, 0.5) is 11.4 Å². The molecule has 0 saturated carbocycles. The zero-order valence-electron chi connectivity index (χ0n) is 33.6. The smallest absolute Gasteiger partial charge is 0.0694 e. The molecule has 2 aromatic heterocycles. The zero-order chi connectivity index (χ0) is 40.4. The number of nitrogens with zero attached hydrogens (tertiary/aromatic N) is 2. The van der Waals surface area contributed by atoms with Crippen LogP contribution in [0, 0.1) is 0 Å². The van der Waals surface area contributed by atoms with Gasteiger partial charge in [0.1, 0.15) is 0 Å². The second-order valence-electron chi connectivity index (χ2n) is 16.4. The first kappa shape index (κ1) is 35.2. The molecule has 0 amide bonds. The Bertz CT molecular complexity index is 3600. The molecule has 11 aromatic rings. The number of benzene rings is 9. The fourth-order valence-corrected chi connectivity index (χ4v) is 9.87. The van der Waals surface area contributed by atoms with E-state index in [0.717, 1.165) is 23.5 Å². The maximum absolute atomic E-state index is 6.65. The lowest BCUT2D eigenvalue weighted by Crippen LogP contribution is -2.18. The van der Waals surface area contributed by atoms with Gasteiger partial charge in [-0.15, -0.1) is 0 Å². The number of nitrogens with two attached hydrogens (primary N) is 1. The van der Waals surface area contributed by atoms with Crippen molar-refractivity contribution >= 4 is 82.5 Å². The highest BCUT2D eigenvalue weighted by Crippen LogP contribution is 2.41. The van der Waals surface area contributed by atoms with Crippen LogP contribution in [0.5, 0.6) is 0 Å². The lowest BCUT2D eigenvalue weighted by Gasteiger charge is -2.24. The molecule has 1 aliphatic rings. The van der Waals surface area contributed by atoms with Gasteiger partial charge in [-0.25, -0.2) is 0 Å². The Kier molecular flexibility index (Phi) is 8.17. The first-order valence-corrected chi connectivity index (χ1v) is 21.2. The minimum Gasteiger partial charge on any atom is -0.397 e. The molecule has 0 saturated heterocycles. The van der Waals surface area contributed by atoms with Gasteiger partial charge in [0.25, 0.3) is 0 Å². The van der Waals surface area contributed by atoms with Gasteiger partial charge < -0.3 is 20.2 Å². The van der Waals surface area contributed by atoms with Gasteiger partial charge in [-0.2, -0.15) is 0 Å². The molecule has 1 unspecified atom stereocenters. The van der Waals surface area contributed by atoms with Crippen LogP contribution in [0.1, 0.15) is 22.9 Å². The Labute approximate surface area is 354 Å². The van der Waals surface area contributed by atoms with Crippen molar-refractivity contribution in [3.05, 3.63) is 217 Å². The van der Waals surface area contributed by atoms with Crippen molar-refractivity contribution < 1.29 is 0 Å². The molecule has 1 atom stereocenters. The van der Waals surface area contributed by atoms with E-state index in [9.17, 15) is 0 Å². The first-order chi connectivity index (χ1) is 30.1. The van der Waals surface area contributed by atoms with Crippen LogP contribution in [-0.2, 0) is 13.0 Å². The van der Waals surface area contributed by atoms with E-state index in [0.29, 0.717) is 6.54 Å². The summed E-state index contributed by atoms with van der Waals surface area (Å²) < 4.78 is 5.00. The average Bonchev–Trinajstić information content (AvgIpc) is 3.65. The number of nitrogen functional groups attached to an aromatic ring is 1. The van der Waals surface area contributed by atoms with Crippen LogP contribution in [-0.4, -0.2) is 9.13 Å². The van der Waals surface area contributed by atoms with E-state index < -0.39 is 0 Å². The van der Waals surface area contributed by atoms with Crippen molar-refractivity contribution in [1.82, 2.24) is 9.13 Å². The molecule has 0 radical (unpaired) electrons. The number of hydrogen-bond acceptors (Lipinski definition) is 2. The van der Waals surface area contributed by atoms with Crippen molar-refractivity contribution in [1.29, 1.82) is 0 Å². The highest BCUT2D eigenvalue weighted by atomic mass is 15.1. The van der Waals surface area contributed by atoms with Crippen molar-refractivity contribution in [2.75, 3.05) is 11.1 Å². The second-order valence-corrected chi connectivity index (χ2v) is 16.4. The van der Waals surface area contributed by atoms with E-state index in [1.165, 1.54) is 93.0 Å². The lowest BCUT2D eigenvalue weighted by atomic mass is 9.97. The van der Waals surface area contributed by atoms with Crippen molar-refractivity contribution in [2.45, 2.75) is 19.0 Å². The zero-order valence-corrected chi connectivity index (χ0v) is 33.6. The predicted molar refractivity (Wildman–Crippen MR) is 260 cm³/mol. The Morgan fingerprint density at radius 2 is 1.25 bits per heavy atom. The number of hydrogen-bond donors (Lipinski definition) is 2. The molecule has 0 bridgehead atoms. The van der Waals surface area contributed by atoms with Gasteiger partial charge in [-0.1, -0.05) is 140 Å². The Balaban J connectivity index is 1.06. The summed E-state index contributed by atoms with van der Waals surface area (Å²) in [5.74, 6) is 0. The molecule has 61 heavy (non-hydrogen) atoms. The number of allylic oxidation sites excluding steroid dienone is 3. The molecule has 290 valence electrons. The van der Waals surface area contributed by atoms with E-state index >= 15 is 0 Å². The molecule has 12 rings (SSSR count). The molecule has 1 aliphatic carbocycles. The van der Waals surface area contributed by atoms with E-state index in [1.807, 2.05) is 12.1 Å². The third kappa shape index (κ3) is 5.90. The number of aromatic nitrogens is 2. The summed E-state index contributed by atoms with van der Waals surface area (Å²) in [6.07, 6.45) is 9.80. The summed E-state index contributed by atoms with van der Waals surface area (Å²) in [6.45, 7) is 0.676. The quantitative estimate of drug-likeness (QED) is 0.158.